The Balaban J connectivity index is 1.33. The third-order valence-electron chi connectivity index (χ3n) is 5.11. The van der Waals surface area contributed by atoms with Gasteiger partial charge in [-0.3, -0.25) is 19.5 Å². The number of rotatable bonds is 13. The molecule has 0 saturated carbocycles. The molecule has 0 aliphatic rings. The maximum atomic E-state index is 4.51. The smallest absolute Gasteiger partial charge is 0.120 e. The van der Waals surface area contributed by atoms with E-state index >= 15 is 0 Å². The topological polar surface area (TPSA) is 94.5 Å². The predicted octanol–water partition coefficient (Wildman–Crippen LogP) is 2.32. The highest BCUT2D eigenvalue weighted by molar-refractivity contribution is 5.03. The van der Waals surface area contributed by atoms with Crippen molar-refractivity contribution in [2.75, 3.05) is 19.6 Å². The summed E-state index contributed by atoms with van der Waals surface area (Å²) in [6, 6.07) is 8.04. The van der Waals surface area contributed by atoms with Gasteiger partial charge in [0.1, 0.15) is 11.6 Å². The minimum atomic E-state index is 0.736. The zero-order valence-electron chi connectivity index (χ0n) is 17.6. The number of H-pyrrole nitrogens is 2. The van der Waals surface area contributed by atoms with Crippen LogP contribution in [0.2, 0.25) is 0 Å². The van der Waals surface area contributed by atoms with Crippen molar-refractivity contribution in [2.24, 2.45) is 0 Å². The molecule has 9 heteroatoms. The van der Waals surface area contributed by atoms with E-state index in [1.165, 1.54) is 0 Å². The highest BCUT2D eigenvalue weighted by atomic mass is 15.4. The van der Waals surface area contributed by atoms with Gasteiger partial charge in [0.25, 0.3) is 0 Å². The fourth-order valence-corrected chi connectivity index (χ4v) is 3.59. The number of aromatic nitrogens is 7. The summed E-state index contributed by atoms with van der Waals surface area (Å²) < 4.78 is 1.95. The minimum Gasteiger partial charge on any atom is -0.349 e. The van der Waals surface area contributed by atoms with E-state index in [1.807, 2.05) is 53.9 Å². The van der Waals surface area contributed by atoms with Crippen LogP contribution >= 0.6 is 0 Å². The summed E-state index contributed by atoms with van der Waals surface area (Å²) in [5.74, 6) is 1.99. The van der Waals surface area contributed by atoms with E-state index in [0.29, 0.717) is 0 Å². The Bertz CT molecular complexity index is 914. The van der Waals surface area contributed by atoms with Crippen molar-refractivity contribution < 1.29 is 0 Å². The molecule has 0 saturated heterocycles. The van der Waals surface area contributed by atoms with Gasteiger partial charge >= 0.3 is 0 Å². The molecule has 4 aromatic heterocycles. The van der Waals surface area contributed by atoms with Crippen molar-refractivity contribution in [2.45, 2.75) is 32.6 Å². The van der Waals surface area contributed by atoms with Crippen LogP contribution in [0, 0.1) is 0 Å². The first-order valence-electron chi connectivity index (χ1n) is 10.6. The fraction of sp³-hybridized carbons (Fsp3) is 0.364. The molecule has 0 radical (unpaired) electrons. The van der Waals surface area contributed by atoms with Gasteiger partial charge in [0.2, 0.25) is 0 Å². The Morgan fingerprint density at radius 1 is 0.774 bits per heavy atom. The van der Waals surface area contributed by atoms with Crippen LogP contribution in [-0.4, -0.2) is 64.1 Å². The SMILES string of the molecule is c1ccc(CN(CCCN(Cc2ncc[nH]2)Cn2cccn2)CCc2ncc[nH]2)nc1. The predicted molar refractivity (Wildman–Crippen MR) is 118 cm³/mol. The van der Waals surface area contributed by atoms with Crippen LogP contribution in [-0.2, 0) is 26.2 Å². The van der Waals surface area contributed by atoms with Gasteiger partial charge in [0, 0.05) is 69.4 Å². The first-order chi connectivity index (χ1) is 15.3. The minimum absolute atomic E-state index is 0.736. The summed E-state index contributed by atoms with van der Waals surface area (Å²) in [7, 11) is 0. The van der Waals surface area contributed by atoms with Gasteiger partial charge in [-0.05, 0) is 31.2 Å². The summed E-state index contributed by atoms with van der Waals surface area (Å²) in [5.41, 5.74) is 1.09. The lowest BCUT2D eigenvalue weighted by Crippen LogP contribution is -2.32. The summed E-state index contributed by atoms with van der Waals surface area (Å²) in [6.07, 6.45) is 14.9. The molecular formula is C22H29N9. The van der Waals surface area contributed by atoms with Crippen LogP contribution < -0.4 is 0 Å². The number of aromatic amines is 2. The van der Waals surface area contributed by atoms with Gasteiger partial charge < -0.3 is 9.97 Å². The molecule has 31 heavy (non-hydrogen) atoms. The lowest BCUT2D eigenvalue weighted by molar-refractivity contribution is 0.173. The Hall–Kier alpha value is -3.30. The second kappa shape index (κ2) is 11.2. The average Bonchev–Trinajstić information content (AvgIpc) is 3.56. The molecule has 9 nitrogen and oxygen atoms in total. The van der Waals surface area contributed by atoms with Crippen molar-refractivity contribution in [1.29, 1.82) is 0 Å². The summed E-state index contributed by atoms with van der Waals surface area (Å²) in [4.78, 5) is 24.5. The van der Waals surface area contributed by atoms with E-state index in [0.717, 1.165) is 69.6 Å². The number of nitrogens with one attached hydrogen (secondary N) is 2. The van der Waals surface area contributed by atoms with Crippen LogP contribution in [0.3, 0.4) is 0 Å². The maximum absolute atomic E-state index is 4.51. The van der Waals surface area contributed by atoms with Gasteiger partial charge in [0.15, 0.2) is 0 Å². The molecule has 162 valence electrons. The highest BCUT2D eigenvalue weighted by Crippen LogP contribution is 2.07. The molecule has 0 aliphatic carbocycles. The molecule has 0 fully saturated rings. The molecule has 4 rings (SSSR count). The summed E-state index contributed by atoms with van der Waals surface area (Å²) >= 11 is 0. The Morgan fingerprint density at radius 3 is 2.32 bits per heavy atom. The third-order valence-corrected chi connectivity index (χ3v) is 5.11. The highest BCUT2D eigenvalue weighted by Gasteiger charge is 2.12. The van der Waals surface area contributed by atoms with Gasteiger partial charge in [-0.2, -0.15) is 5.10 Å². The van der Waals surface area contributed by atoms with E-state index in [-0.39, 0.29) is 0 Å². The Morgan fingerprint density at radius 2 is 1.61 bits per heavy atom. The molecule has 0 aromatic carbocycles. The number of hydrogen-bond donors (Lipinski definition) is 2. The van der Waals surface area contributed by atoms with Gasteiger partial charge in [-0.25, -0.2) is 9.97 Å². The quantitative estimate of drug-likeness (QED) is 0.345. The molecule has 4 aromatic rings. The van der Waals surface area contributed by atoms with Crippen LogP contribution in [0.15, 0.2) is 67.6 Å². The summed E-state index contributed by atoms with van der Waals surface area (Å²) in [6.45, 7) is 5.19. The molecular weight excluding hydrogens is 390 g/mol. The molecule has 0 atom stereocenters. The molecule has 0 spiro atoms. The molecule has 4 heterocycles. The Labute approximate surface area is 182 Å². The van der Waals surface area contributed by atoms with E-state index in [9.17, 15) is 0 Å². The lowest BCUT2D eigenvalue weighted by Gasteiger charge is -2.25. The second-order valence-electron chi connectivity index (χ2n) is 7.51. The molecule has 2 N–H and O–H groups in total. The van der Waals surface area contributed by atoms with Crippen molar-refractivity contribution in [1.82, 2.24) is 44.5 Å². The molecule has 0 aliphatic heterocycles. The van der Waals surface area contributed by atoms with Crippen molar-refractivity contribution >= 4 is 0 Å². The van der Waals surface area contributed by atoms with E-state index in [2.05, 4.69) is 45.9 Å². The second-order valence-corrected chi connectivity index (χ2v) is 7.51. The molecule has 0 amide bonds. The normalized spacial score (nSPS) is 11.5. The zero-order chi connectivity index (χ0) is 21.1. The van der Waals surface area contributed by atoms with Crippen LogP contribution in [0.1, 0.15) is 23.8 Å². The molecule has 0 bridgehead atoms. The first kappa shape index (κ1) is 21.0. The van der Waals surface area contributed by atoms with Crippen molar-refractivity contribution in [3.05, 3.63) is 85.0 Å². The maximum Gasteiger partial charge on any atom is 0.120 e. The van der Waals surface area contributed by atoms with Crippen molar-refractivity contribution in [3.63, 3.8) is 0 Å². The average molecular weight is 420 g/mol. The zero-order valence-corrected chi connectivity index (χ0v) is 17.6. The van der Waals surface area contributed by atoms with Crippen LogP contribution in [0.5, 0.6) is 0 Å². The fourth-order valence-electron chi connectivity index (χ4n) is 3.59. The molecule has 0 unspecified atom stereocenters. The Kier molecular flexibility index (Phi) is 7.56. The summed E-state index contributed by atoms with van der Waals surface area (Å²) in [5, 5.41) is 4.36. The standard InChI is InChI=1S/C22H29N9/c1-2-7-23-20(5-1)17-29(16-6-21-24-9-10-25-21)13-4-14-30(18-22-26-11-12-27-22)19-31-15-3-8-28-31/h1-3,5,7-12,15H,4,6,13-14,16-19H2,(H,24,25)(H,26,27). The van der Waals surface area contributed by atoms with Gasteiger partial charge in [-0.1, -0.05) is 6.07 Å². The number of pyridine rings is 1. The monoisotopic (exact) mass is 419 g/mol. The van der Waals surface area contributed by atoms with Gasteiger partial charge in [-0.15, -0.1) is 0 Å². The van der Waals surface area contributed by atoms with Crippen LogP contribution in [0.4, 0.5) is 0 Å². The largest absolute Gasteiger partial charge is 0.349 e. The number of hydrogen-bond acceptors (Lipinski definition) is 6. The van der Waals surface area contributed by atoms with E-state index in [4.69, 9.17) is 0 Å². The first-order valence-corrected chi connectivity index (χ1v) is 10.6. The van der Waals surface area contributed by atoms with Crippen molar-refractivity contribution in [3.8, 4) is 0 Å². The van der Waals surface area contributed by atoms with Crippen LogP contribution in [0.25, 0.3) is 0 Å². The number of imidazole rings is 2. The van der Waals surface area contributed by atoms with E-state index < -0.39 is 0 Å². The third kappa shape index (κ3) is 6.87. The van der Waals surface area contributed by atoms with Gasteiger partial charge in [0.05, 0.1) is 18.9 Å². The lowest BCUT2D eigenvalue weighted by atomic mass is 10.2. The number of nitrogens with zero attached hydrogens (tertiary/aromatic N) is 7. The van der Waals surface area contributed by atoms with E-state index in [1.54, 1.807) is 12.4 Å².